The van der Waals surface area contributed by atoms with E-state index in [-0.39, 0.29) is 17.9 Å². The fourth-order valence-corrected chi connectivity index (χ4v) is 3.86. The lowest BCUT2D eigenvalue weighted by Crippen LogP contribution is -2.41. The molecule has 1 aromatic heterocycles. The van der Waals surface area contributed by atoms with E-state index in [9.17, 15) is 4.79 Å². The molecule has 1 N–H and O–H groups in total. The van der Waals surface area contributed by atoms with Crippen molar-refractivity contribution in [3.8, 4) is 0 Å². The molecule has 0 bridgehead atoms. The summed E-state index contributed by atoms with van der Waals surface area (Å²) in [6.07, 6.45) is 6.84. The van der Waals surface area contributed by atoms with E-state index in [1.807, 2.05) is 12.1 Å². The summed E-state index contributed by atoms with van der Waals surface area (Å²) < 4.78 is 0. The molecule has 5 nitrogen and oxygen atoms in total. The number of aromatic nitrogens is 2. The van der Waals surface area contributed by atoms with Gasteiger partial charge in [-0.05, 0) is 36.1 Å². The lowest BCUT2D eigenvalue weighted by Gasteiger charge is -2.32. The molecule has 1 aliphatic heterocycles. The first-order chi connectivity index (χ1) is 13.2. The van der Waals surface area contributed by atoms with Crippen LogP contribution in [0, 0.1) is 5.92 Å². The summed E-state index contributed by atoms with van der Waals surface area (Å²) in [5, 5.41) is 5.63. The Morgan fingerprint density at radius 1 is 1.11 bits per heavy atom. The summed E-state index contributed by atoms with van der Waals surface area (Å²) >= 11 is 0. The highest BCUT2D eigenvalue weighted by Gasteiger charge is 2.26. The maximum Gasteiger partial charge on any atom is 0.223 e. The molecular weight excluding hydrogens is 336 g/mol. The van der Waals surface area contributed by atoms with E-state index in [2.05, 4.69) is 57.4 Å². The van der Waals surface area contributed by atoms with E-state index in [0.29, 0.717) is 0 Å². The molecule has 1 unspecified atom stereocenters. The molecule has 0 saturated carbocycles. The quantitative estimate of drug-likeness (QED) is 0.770. The van der Waals surface area contributed by atoms with Crippen LogP contribution in [0.5, 0.6) is 0 Å². The van der Waals surface area contributed by atoms with Crippen LogP contribution in [0.4, 0.5) is 5.82 Å². The number of hydrogen-bond donors (Lipinski definition) is 1. The van der Waals surface area contributed by atoms with Crippen molar-refractivity contribution in [1.82, 2.24) is 15.3 Å². The molecule has 27 heavy (non-hydrogen) atoms. The van der Waals surface area contributed by atoms with Crippen LogP contribution in [0.3, 0.4) is 0 Å². The van der Waals surface area contributed by atoms with Gasteiger partial charge in [0.2, 0.25) is 5.91 Å². The third-order valence-corrected chi connectivity index (χ3v) is 5.39. The van der Waals surface area contributed by atoms with Crippen molar-refractivity contribution in [1.29, 1.82) is 0 Å². The van der Waals surface area contributed by atoms with Crippen molar-refractivity contribution in [2.75, 3.05) is 18.0 Å². The highest BCUT2D eigenvalue weighted by molar-refractivity contribution is 5.87. The second-order valence-corrected chi connectivity index (χ2v) is 7.12. The number of benzene rings is 2. The summed E-state index contributed by atoms with van der Waals surface area (Å²) in [5.41, 5.74) is 1.17. The largest absolute Gasteiger partial charge is 0.355 e. The highest BCUT2D eigenvalue weighted by atomic mass is 16.1. The lowest BCUT2D eigenvalue weighted by molar-refractivity contribution is -0.126. The zero-order valence-corrected chi connectivity index (χ0v) is 15.5. The maximum absolute atomic E-state index is 12.8. The third kappa shape index (κ3) is 3.77. The minimum absolute atomic E-state index is 0.0124. The Bertz CT molecular complexity index is 915. The molecule has 1 aliphatic rings. The van der Waals surface area contributed by atoms with Gasteiger partial charge in [-0.15, -0.1) is 0 Å². The van der Waals surface area contributed by atoms with Crippen LogP contribution < -0.4 is 10.2 Å². The average Bonchev–Trinajstić information content (AvgIpc) is 2.74. The monoisotopic (exact) mass is 360 g/mol. The molecule has 138 valence electrons. The molecule has 1 fully saturated rings. The number of nitrogens with zero attached hydrogens (tertiary/aromatic N) is 3. The summed E-state index contributed by atoms with van der Waals surface area (Å²) in [7, 11) is 0. The van der Waals surface area contributed by atoms with Crippen molar-refractivity contribution >= 4 is 22.5 Å². The molecule has 0 spiro atoms. The molecule has 1 amide bonds. The Hall–Kier alpha value is -2.95. The zero-order chi connectivity index (χ0) is 18.6. The molecule has 2 aromatic carbocycles. The highest BCUT2D eigenvalue weighted by Crippen LogP contribution is 2.26. The Balaban J connectivity index is 1.39. The molecule has 3 aromatic rings. The van der Waals surface area contributed by atoms with Gasteiger partial charge in [-0.25, -0.2) is 4.98 Å². The number of rotatable bonds is 4. The van der Waals surface area contributed by atoms with Crippen LogP contribution in [0.25, 0.3) is 10.8 Å². The lowest BCUT2D eigenvalue weighted by atomic mass is 9.94. The van der Waals surface area contributed by atoms with Crippen LogP contribution in [0.15, 0.2) is 61.1 Å². The predicted molar refractivity (Wildman–Crippen MR) is 107 cm³/mol. The van der Waals surface area contributed by atoms with Gasteiger partial charge in [-0.2, -0.15) is 0 Å². The van der Waals surface area contributed by atoms with Crippen LogP contribution in [0.1, 0.15) is 31.4 Å². The smallest absolute Gasteiger partial charge is 0.223 e. The Labute approximate surface area is 159 Å². The van der Waals surface area contributed by atoms with E-state index >= 15 is 0 Å². The molecule has 4 rings (SSSR count). The number of hydrogen-bond acceptors (Lipinski definition) is 4. The van der Waals surface area contributed by atoms with Gasteiger partial charge in [0.05, 0.1) is 12.2 Å². The number of carbonyl (C=O) groups is 1. The minimum Gasteiger partial charge on any atom is -0.355 e. The normalized spacial score (nSPS) is 16.3. The fourth-order valence-electron chi connectivity index (χ4n) is 3.86. The van der Waals surface area contributed by atoms with E-state index in [1.165, 1.54) is 16.3 Å². The number of nitrogens with one attached hydrogen (secondary N) is 1. The van der Waals surface area contributed by atoms with E-state index < -0.39 is 0 Å². The Morgan fingerprint density at radius 2 is 1.89 bits per heavy atom. The third-order valence-electron chi connectivity index (χ3n) is 5.39. The van der Waals surface area contributed by atoms with Gasteiger partial charge in [-0.1, -0.05) is 42.5 Å². The summed E-state index contributed by atoms with van der Waals surface area (Å²) in [4.78, 5) is 23.5. The first kappa shape index (κ1) is 17.5. The Morgan fingerprint density at radius 3 is 2.67 bits per heavy atom. The topological polar surface area (TPSA) is 58.1 Å². The summed E-state index contributed by atoms with van der Waals surface area (Å²) in [6, 6.07) is 14.6. The van der Waals surface area contributed by atoms with Crippen molar-refractivity contribution in [3.63, 3.8) is 0 Å². The fraction of sp³-hybridized carbons (Fsp3) is 0.318. The van der Waals surface area contributed by atoms with Gasteiger partial charge in [0.15, 0.2) is 0 Å². The van der Waals surface area contributed by atoms with Gasteiger partial charge in [-0.3, -0.25) is 9.78 Å². The van der Waals surface area contributed by atoms with Crippen LogP contribution in [-0.2, 0) is 4.79 Å². The van der Waals surface area contributed by atoms with Crippen LogP contribution >= 0.6 is 0 Å². The van der Waals surface area contributed by atoms with Crippen molar-refractivity contribution in [2.24, 2.45) is 5.92 Å². The number of anilines is 1. The summed E-state index contributed by atoms with van der Waals surface area (Å²) in [6.45, 7) is 3.73. The maximum atomic E-state index is 12.8. The van der Waals surface area contributed by atoms with Crippen molar-refractivity contribution in [2.45, 2.75) is 25.8 Å². The van der Waals surface area contributed by atoms with Gasteiger partial charge in [0.1, 0.15) is 5.82 Å². The molecule has 1 atom stereocenters. The second-order valence-electron chi connectivity index (χ2n) is 7.12. The van der Waals surface area contributed by atoms with Crippen LogP contribution in [0.2, 0.25) is 0 Å². The molecule has 2 heterocycles. The van der Waals surface area contributed by atoms with E-state index in [4.69, 9.17) is 0 Å². The number of carbonyl (C=O) groups excluding carboxylic acids is 1. The van der Waals surface area contributed by atoms with Gasteiger partial charge < -0.3 is 10.2 Å². The number of fused-ring (bicyclic) bond motifs is 1. The molecule has 0 aliphatic carbocycles. The molecule has 5 heteroatoms. The van der Waals surface area contributed by atoms with Gasteiger partial charge in [0.25, 0.3) is 0 Å². The SMILES string of the molecule is CC(NC(=O)C1CCN(c2cnccn2)CC1)c1cccc2ccccc12. The van der Waals surface area contributed by atoms with E-state index in [1.54, 1.807) is 18.6 Å². The molecular formula is C22H24N4O. The number of amides is 1. The zero-order valence-electron chi connectivity index (χ0n) is 15.5. The van der Waals surface area contributed by atoms with Crippen LogP contribution in [-0.4, -0.2) is 29.0 Å². The van der Waals surface area contributed by atoms with Crippen molar-refractivity contribution in [3.05, 3.63) is 66.6 Å². The molecule has 0 radical (unpaired) electrons. The molecule has 1 saturated heterocycles. The first-order valence-electron chi connectivity index (χ1n) is 9.51. The summed E-state index contributed by atoms with van der Waals surface area (Å²) in [5.74, 6) is 1.09. The second kappa shape index (κ2) is 7.74. The van der Waals surface area contributed by atoms with Gasteiger partial charge >= 0.3 is 0 Å². The van der Waals surface area contributed by atoms with Gasteiger partial charge in [0, 0.05) is 31.4 Å². The standard InChI is InChI=1S/C22H24N4O/c1-16(19-8-4-6-17-5-2-3-7-20(17)19)25-22(27)18-9-13-26(14-10-18)21-15-23-11-12-24-21/h2-8,11-12,15-16,18H,9-10,13-14H2,1H3,(H,25,27). The Kier molecular flexibility index (Phi) is 5.01. The minimum atomic E-state index is -0.0124. The number of piperidine rings is 1. The van der Waals surface area contributed by atoms with E-state index in [0.717, 1.165) is 31.7 Å². The predicted octanol–water partition coefficient (Wildman–Crippen LogP) is 3.72. The van der Waals surface area contributed by atoms with Crippen molar-refractivity contribution < 1.29 is 4.79 Å². The first-order valence-corrected chi connectivity index (χ1v) is 9.51. The average molecular weight is 360 g/mol.